The highest BCUT2D eigenvalue weighted by atomic mass is 16.5. The van der Waals surface area contributed by atoms with Crippen molar-refractivity contribution < 1.29 is 9.53 Å². The summed E-state index contributed by atoms with van der Waals surface area (Å²) in [5, 5.41) is 0. The van der Waals surface area contributed by atoms with E-state index in [9.17, 15) is 4.79 Å². The predicted octanol–water partition coefficient (Wildman–Crippen LogP) is 4.22. The lowest BCUT2D eigenvalue weighted by molar-refractivity contribution is -0.180. The van der Waals surface area contributed by atoms with Crippen LogP contribution >= 0.6 is 0 Å². The molecule has 31 heavy (non-hydrogen) atoms. The van der Waals surface area contributed by atoms with Crippen LogP contribution in [0.2, 0.25) is 0 Å². The van der Waals surface area contributed by atoms with Crippen molar-refractivity contribution in [3.63, 3.8) is 0 Å². The van der Waals surface area contributed by atoms with Gasteiger partial charge < -0.3 is 10.5 Å². The summed E-state index contributed by atoms with van der Waals surface area (Å²) in [7, 11) is 1.82. The Morgan fingerprint density at radius 3 is 2.58 bits per heavy atom. The fraction of sp³-hybridized carbons (Fsp3) is 0.538. The van der Waals surface area contributed by atoms with Gasteiger partial charge in [-0.1, -0.05) is 42.9 Å². The highest BCUT2D eigenvalue weighted by Gasteiger charge is 2.55. The van der Waals surface area contributed by atoms with Crippen molar-refractivity contribution in [3.05, 3.63) is 66.0 Å². The average Bonchev–Trinajstić information content (AvgIpc) is 2.72. The lowest BCUT2D eigenvalue weighted by Crippen LogP contribution is -2.63. The zero-order valence-electron chi connectivity index (χ0n) is 18.8. The summed E-state index contributed by atoms with van der Waals surface area (Å²) in [5.41, 5.74) is 7.76. The molecule has 4 atom stereocenters. The van der Waals surface area contributed by atoms with Gasteiger partial charge in [0.15, 0.2) is 0 Å². The first-order valence-corrected chi connectivity index (χ1v) is 11.5. The molecule has 5 nitrogen and oxygen atoms in total. The van der Waals surface area contributed by atoms with Crippen LogP contribution in [0, 0.1) is 17.8 Å². The van der Waals surface area contributed by atoms with Crippen molar-refractivity contribution in [2.75, 3.05) is 20.2 Å². The van der Waals surface area contributed by atoms with Gasteiger partial charge in [0.05, 0.1) is 0 Å². The van der Waals surface area contributed by atoms with E-state index in [0.29, 0.717) is 29.5 Å². The number of likely N-dealkylation sites (tertiary alicyclic amines) is 1. The summed E-state index contributed by atoms with van der Waals surface area (Å²) >= 11 is 0. The summed E-state index contributed by atoms with van der Waals surface area (Å²) in [6, 6.07) is 4.43. The van der Waals surface area contributed by atoms with Crippen molar-refractivity contribution in [2.45, 2.75) is 50.7 Å². The molecule has 1 aromatic rings. The second-order valence-electron chi connectivity index (χ2n) is 9.28. The minimum atomic E-state index is -0.488. The molecule has 5 heteroatoms. The van der Waals surface area contributed by atoms with E-state index in [4.69, 9.17) is 10.5 Å². The maximum absolute atomic E-state index is 11.7. The SMILES string of the molecule is C=C(/C=C\C=C/C)[C@@H]1CC[C@@H]1N1CC2CCCC(C1)C2(OC)c1ccnc(C(N)=O)c1. The Labute approximate surface area is 186 Å². The van der Waals surface area contributed by atoms with Crippen LogP contribution in [-0.2, 0) is 10.3 Å². The highest BCUT2D eigenvalue weighted by molar-refractivity contribution is 5.90. The number of hydrogen-bond donors (Lipinski definition) is 1. The number of carbonyl (C=O) groups is 1. The third kappa shape index (κ3) is 3.90. The second kappa shape index (κ2) is 9.09. The Bertz CT molecular complexity index is 876. The Kier molecular flexibility index (Phi) is 6.44. The normalized spacial score (nSPS) is 33.5. The van der Waals surface area contributed by atoms with E-state index in [1.54, 1.807) is 6.20 Å². The number of pyridine rings is 1. The van der Waals surface area contributed by atoms with Crippen LogP contribution in [0.3, 0.4) is 0 Å². The molecule has 2 saturated carbocycles. The molecule has 3 aliphatic rings. The Hall–Kier alpha value is -2.24. The highest BCUT2D eigenvalue weighted by Crippen LogP contribution is 2.53. The Balaban J connectivity index is 1.57. The van der Waals surface area contributed by atoms with E-state index >= 15 is 0 Å². The van der Waals surface area contributed by atoms with Crippen LogP contribution in [0.1, 0.15) is 55.1 Å². The minimum Gasteiger partial charge on any atom is -0.373 e. The fourth-order valence-electron chi connectivity index (χ4n) is 6.23. The molecule has 2 heterocycles. The van der Waals surface area contributed by atoms with Gasteiger partial charge in [-0.05, 0) is 56.2 Å². The van der Waals surface area contributed by atoms with Crippen LogP contribution in [0.15, 0.2) is 54.8 Å². The lowest BCUT2D eigenvalue weighted by atomic mass is 9.61. The number of fused-ring (bicyclic) bond motifs is 2. The number of ether oxygens (including phenoxy) is 1. The van der Waals surface area contributed by atoms with E-state index in [2.05, 4.69) is 34.7 Å². The van der Waals surface area contributed by atoms with Gasteiger partial charge in [-0.25, -0.2) is 0 Å². The first-order valence-electron chi connectivity index (χ1n) is 11.5. The summed E-state index contributed by atoms with van der Waals surface area (Å²) < 4.78 is 6.34. The molecule has 4 rings (SSSR count). The minimum absolute atomic E-state index is 0.317. The summed E-state index contributed by atoms with van der Waals surface area (Å²) in [5.74, 6) is 0.833. The largest absolute Gasteiger partial charge is 0.373 e. The van der Waals surface area contributed by atoms with Gasteiger partial charge in [0.2, 0.25) is 0 Å². The topological polar surface area (TPSA) is 68.4 Å². The fourth-order valence-corrected chi connectivity index (χ4v) is 6.23. The maximum Gasteiger partial charge on any atom is 0.267 e. The Morgan fingerprint density at radius 1 is 1.26 bits per heavy atom. The van der Waals surface area contributed by atoms with E-state index in [-0.39, 0.29) is 5.60 Å². The molecule has 166 valence electrons. The first-order chi connectivity index (χ1) is 15.0. The van der Waals surface area contributed by atoms with E-state index < -0.39 is 5.91 Å². The van der Waals surface area contributed by atoms with Gasteiger partial charge >= 0.3 is 0 Å². The number of rotatable bonds is 7. The molecule has 0 spiro atoms. The molecule has 2 N–H and O–H groups in total. The zero-order chi connectivity index (χ0) is 22.0. The van der Waals surface area contributed by atoms with Crippen LogP contribution in [-0.4, -0.2) is 42.0 Å². The van der Waals surface area contributed by atoms with E-state index in [1.807, 2.05) is 32.2 Å². The van der Waals surface area contributed by atoms with Crippen LogP contribution < -0.4 is 5.73 Å². The lowest BCUT2D eigenvalue weighted by Gasteiger charge is -2.59. The number of piperidine rings is 1. The first kappa shape index (κ1) is 22.0. The molecular weight excluding hydrogens is 386 g/mol. The number of primary amides is 1. The van der Waals surface area contributed by atoms with Crippen LogP contribution in [0.4, 0.5) is 0 Å². The average molecular weight is 422 g/mol. The third-order valence-electron chi connectivity index (χ3n) is 7.83. The van der Waals surface area contributed by atoms with Crippen molar-refractivity contribution in [2.24, 2.45) is 23.5 Å². The van der Waals surface area contributed by atoms with Gasteiger partial charge in [-0.2, -0.15) is 0 Å². The van der Waals surface area contributed by atoms with Crippen molar-refractivity contribution in [3.8, 4) is 0 Å². The maximum atomic E-state index is 11.7. The Morgan fingerprint density at radius 2 is 2.00 bits per heavy atom. The molecule has 0 radical (unpaired) electrons. The number of allylic oxidation sites excluding steroid dienone is 4. The smallest absolute Gasteiger partial charge is 0.267 e. The van der Waals surface area contributed by atoms with Crippen molar-refractivity contribution in [1.29, 1.82) is 0 Å². The molecule has 3 fully saturated rings. The predicted molar refractivity (Wildman–Crippen MR) is 123 cm³/mol. The van der Waals surface area contributed by atoms with Crippen molar-refractivity contribution in [1.82, 2.24) is 9.88 Å². The number of amides is 1. The molecule has 1 amide bonds. The van der Waals surface area contributed by atoms with Gasteiger partial charge in [0.25, 0.3) is 5.91 Å². The van der Waals surface area contributed by atoms with Gasteiger partial charge in [-0.15, -0.1) is 0 Å². The van der Waals surface area contributed by atoms with Crippen LogP contribution in [0.25, 0.3) is 0 Å². The van der Waals surface area contributed by atoms with Gasteiger partial charge in [0, 0.05) is 44.3 Å². The number of nitrogens with zero attached hydrogens (tertiary/aromatic N) is 2. The molecule has 0 aromatic carbocycles. The molecule has 2 unspecified atom stereocenters. The van der Waals surface area contributed by atoms with Crippen molar-refractivity contribution >= 4 is 5.91 Å². The molecule has 1 aliphatic heterocycles. The summed E-state index contributed by atoms with van der Waals surface area (Å²) in [6.45, 7) is 8.43. The number of carbonyl (C=O) groups excluding carboxylic acids is 1. The quantitative estimate of drug-likeness (QED) is 0.669. The van der Waals surface area contributed by atoms with E-state index in [1.165, 1.54) is 24.8 Å². The summed E-state index contributed by atoms with van der Waals surface area (Å²) in [4.78, 5) is 18.6. The molecule has 2 aliphatic carbocycles. The van der Waals surface area contributed by atoms with E-state index in [0.717, 1.165) is 31.5 Å². The second-order valence-corrected chi connectivity index (χ2v) is 9.28. The molecule has 1 aromatic heterocycles. The molecule has 2 bridgehead atoms. The van der Waals surface area contributed by atoms with Gasteiger partial charge in [-0.3, -0.25) is 14.7 Å². The van der Waals surface area contributed by atoms with Gasteiger partial charge in [0.1, 0.15) is 11.3 Å². The zero-order valence-corrected chi connectivity index (χ0v) is 18.8. The number of aromatic nitrogens is 1. The third-order valence-corrected chi connectivity index (χ3v) is 7.83. The number of methoxy groups -OCH3 is 1. The molecule has 1 saturated heterocycles. The van der Waals surface area contributed by atoms with Crippen LogP contribution in [0.5, 0.6) is 0 Å². The standard InChI is InChI=1S/C26H35N3O2/c1-4-5-6-8-18(2)22-11-12-24(22)29-16-20-9-7-10-21(17-29)26(20,31-3)19-13-14-28-23(15-19)25(27)30/h4-6,8,13-15,20-22,24H,2,7,9-12,16-17H2,1,3H3,(H2,27,30)/b5-4-,8-6-/t20?,21?,22-,24-,26?/m0/s1. The number of nitrogens with two attached hydrogens (primary N) is 1. The monoisotopic (exact) mass is 421 g/mol. The number of hydrogen-bond acceptors (Lipinski definition) is 4. The molecular formula is C26H35N3O2. The summed E-state index contributed by atoms with van der Waals surface area (Å²) in [6.07, 6.45) is 16.0.